The first-order valence-corrected chi connectivity index (χ1v) is 12.7. The number of methoxy groups -OCH3 is 1. The van der Waals surface area contributed by atoms with Gasteiger partial charge in [0.25, 0.3) is 15.6 Å². The zero-order valence-electron chi connectivity index (χ0n) is 19.7. The van der Waals surface area contributed by atoms with Crippen molar-refractivity contribution in [3.05, 3.63) is 77.0 Å². The Hall–Kier alpha value is -3.96. The van der Waals surface area contributed by atoms with Crippen LogP contribution in [0.1, 0.15) is 5.56 Å². The highest BCUT2D eigenvalue weighted by molar-refractivity contribution is 7.92. The summed E-state index contributed by atoms with van der Waals surface area (Å²) in [5, 5.41) is 0. The third-order valence-corrected chi connectivity index (χ3v) is 7.14. The molecule has 1 aliphatic rings. The molecule has 0 radical (unpaired) electrons. The van der Waals surface area contributed by atoms with Crippen molar-refractivity contribution in [2.75, 3.05) is 31.7 Å². The lowest BCUT2D eigenvalue weighted by molar-refractivity contribution is -0.0510. The van der Waals surface area contributed by atoms with Gasteiger partial charge < -0.3 is 14.2 Å². The molecule has 36 heavy (non-hydrogen) atoms. The van der Waals surface area contributed by atoms with E-state index in [9.17, 15) is 13.2 Å². The Bertz CT molecular complexity index is 1600. The number of rotatable bonds is 8. The van der Waals surface area contributed by atoms with E-state index in [-0.39, 0.29) is 33.7 Å². The van der Waals surface area contributed by atoms with Crippen molar-refractivity contribution >= 4 is 21.4 Å². The number of anilines is 1. The van der Waals surface area contributed by atoms with E-state index in [1.165, 1.54) is 23.8 Å². The molecule has 1 aliphatic heterocycles. The van der Waals surface area contributed by atoms with Crippen LogP contribution < -0.4 is 19.8 Å². The molecule has 0 spiro atoms. The van der Waals surface area contributed by atoms with Gasteiger partial charge in [0.1, 0.15) is 11.3 Å². The van der Waals surface area contributed by atoms with Crippen LogP contribution in [0.2, 0.25) is 0 Å². The molecule has 1 saturated heterocycles. The number of hydrogen-bond donors (Lipinski definition) is 1. The van der Waals surface area contributed by atoms with Crippen molar-refractivity contribution in [1.29, 1.82) is 0 Å². The molecule has 0 saturated carbocycles. The van der Waals surface area contributed by atoms with E-state index >= 15 is 0 Å². The number of nitrogens with one attached hydrogen (secondary N) is 1. The lowest BCUT2D eigenvalue weighted by Crippen LogP contribution is -2.33. The van der Waals surface area contributed by atoms with E-state index in [1.54, 1.807) is 42.7 Å². The third-order valence-electron chi connectivity index (χ3n) is 5.77. The summed E-state index contributed by atoms with van der Waals surface area (Å²) in [6.45, 7) is 3.44. The van der Waals surface area contributed by atoms with Gasteiger partial charge in [-0.05, 0) is 42.8 Å². The van der Waals surface area contributed by atoms with Crippen LogP contribution in [0.5, 0.6) is 11.6 Å². The maximum Gasteiger partial charge on any atom is 0.300 e. The first kappa shape index (κ1) is 23.8. The summed E-state index contributed by atoms with van der Waals surface area (Å²) in [5.74, 6) is 0.532. The standard InChI is InChI=1S/C25H24N4O6S/c1-16-4-3-5-20(8-16)36(31,32)28-21-9-19(10-27-24(21)33-2)18-6-7-23-26-11-22(25(30)29(23)12-18)35-15-17-13-34-14-17/h3-12,17,28H,13-15H2,1-2H3. The molecule has 0 amide bonds. The number of aromatic nitrogens is 3. The molecule has 1 N–H and O–H groups in total. The van der Waals surface area contributed by atoms with Gasteiger partial charge in [-0.3, -0.25) is 13.9 Å². The first-order chi connectivity index (χ1) is 17.3. The average Bonchev–Trinajstić information content (AvgIpc) is 2.84. The highest BCUT2D eigenvalue weighted by atomic mass is 32.2. The van der Waals surface area contributed by atoms with Crippen molar-refractivity contribution in [1.82, 2.24) is 14.4 Å². The summed E-state index contributed by atoms with van der Waals surface area (Å²) in [6, 6.07) is 11.7. The molecule has 5 rings (SSSR count). The third kappa shape index (κ3) is 4.75. The highest BCUT2D eigenvalue weighted by Gasteiger charge is 2.21. The van der Waals surface area contributed by atoms with Crippen LogP contribution in [-0.2, 0) is 14.8 Å². The number of pyridine rings is 2. The van der Waals surface area contributed by atoms with Gasteiger partial charge >= 0.3 is 0 Å². The molecule has 1 aromatic carbocycles. The van der Waals surface area contributed by atoms with Crippen molar-refractivity contribution in [3.8, 4) is 22.8 Å². The summed E-state index contributed by atoms with van der Waals surface area (Å²) < 4.78 is 46.0. The highest BCUT2D eigenvalue weighted by Crippen LogP contribution is 2.30. The SMILES string of the molecule is COc1ncc(-c2ccc3ncc(OCC4COC4)c(=O)n3c2)cc1NS(=O)(=O)c1cccc(C)c1. The molecule has 0 unspecified atom stereocenters. The second-order valence-corrected chi connectivity index (χ2v) is 10.2. The number of nitrogens with zero attached hydrogens (tertiary/aromatic N) is 3. The molecule has 0 atom stereocenters. The Morgan fingerprint density at radius 1 is 1.11 bits per heavy atom. The topological polar surface area (TPSA) is 121 Å². The van der Waals surface area contributed by atoms with E-state index in [0.717, 1.165) is 5.56 Å². The fraction of sp³-hybridized carbons (Fsp3) is 0.240. The van der Waals surface area contributed by atoms with Gasteiger partial charge in [0, 0.05) is 29.4 Å². The summed E-state index contributed by atoms with van der Waals surface area (Å²) in [6.07, 6.45) is 4.58. The predicted octanol–water partition coefficient (Wildman–Crippen LogP) is 2.90. The number of benzene rings is 1. The van der Waals surface area contributed by atoms with E-state index in [4.69, 9.17) is 14.2 Å². The van der Waals surface area contributed by atoms with Crippen molar-refractivity contribution in [3.63, 3.8) is 0 Å². The van der Waals surface area contributed by atoms with E-state index < -0.39 is 10.0 Å². The van der Waals surface area contributed by atoms with Crippen LogP contribution in [0, 0.1) is 12.8 Å². The maximum absolute atomic E-state index is 13.0. The molecular weight excluding hydrogens is 484 g/mol. The van der Waals surface area contributed by atoms with E-state index in [0.29, 0.717) is 36.6 Å². The fourth-order valence-corrected chi connectivity index (χ4v) is 4.90. The predicted molar refractivity (Wildman–Crippen MR) is 133 cm³/mol. The average molecular weight is 509 g/mol. The summed E-state index contributed by atoms with van der Waals surface area (Å²) >= 11 is 0. The van der Waals surface area contributed by atoms with Gasteiger partial charge in [-0.15, -0.1) is 0 Å². The second-order valence-electron chi connectivity index (χ2n) is 8.49. The number of ether oxygens (including phenoxy) is 3. The van der Waals surface area contributed by atoms with Gasteiger partial charge in [0.05, 0.1) is 38.0 Å². The number of hydrogen-bond acceptors (Lipinski definition) is 8. The first-order valence-electron chi connectivity index (χ1n) is 11.2. The van der Waals surface area contributed by atoms with Crippen molar-refractivity contribution < 1.29 is 22.6 Å². The minimum absolute atomic E-state index is 0.116. The van der Waals surface area contributed by atoms with Gasteiger partial charge in [0.15, 0.2) is 0 Å². The van der Waals surface area contributed by atoms with Crippen molar-refractivity contribution in [2.24, 2.45) is 5.92 Å². The monoisotopic (exact) mass is 508 g/mol. The van der Waals surface area contributed by atoms with Crippen LogP contribution in [0.3, 0.4) is 0 Å². The molecule has 11 heteroatoms. The lowest BCUT2D eigenvalue weighted by Gasteiger charge is -2.25. The molecular formula is C25H24N4O6S. The van der Waals surface area contributed by atoms with Gasteiger partial charge in [0.2, 0.25) is 11.6 Å². The maximum atomic E-state index is 13.0. The van der Waals surface area contributed by atoms with Crippen molar-refractivity contribution in [2.45, 2.75) is 11.8 Å². The Morgan fingerprint density at radius 3 is 2.67 bits per heavy atom. The minimum Gasteiger partial charge on any atom is -0.486 e. The Balaban J connectivity index is 1.49. The molecule has 1 fully saturated rings. The van der Waals surface area contributed by atoms with Crippen LogP contribution in [0.4, 0.5) is 5.69 Å². The van der Waals surface area contributed by atoms with Gasteiger partial charge in [-0.25, -0.2) is 18.4 Å². The second kappa shape index (κ2) is 9.59. The molecule has 186 valence electrons. The van der Waals surface area contributed by atoms with Crippen LogP contribution in [0.25, 0.3) is 16.8 Å². The largest absolute Gasteiger partial charge is 0.486 e. The summed E-state index contributed by atoms with van der Waals surface area (Å²) in [7, 11) is -2.48. The zero-order chi connectivity index (χ0) is 25.3. The van der Waals surface area contributed by atoms with Crippen LogP contribution >= 0.6 is 0 Å². The Morgan fingerprint density at radius 2 is 1.94 bits per heavy atom. The molecule has 0 bridgehead atoms. The number of sulfonamides is 1. The van der Waals surface area contributed by atoms with E-state index in [2.05, 4.69) is 14.7 Å². The fourth-order valence-electron chi connectivity index (χ4n) is 3.75. The zero-order valence-corrected chi connectivity index (χ0v) is 20.5. The van der Waals surface area contributed by atoms with Crippen LogP contribution in [-0.4, -0.2) is 49.7 Å². The number of fused-ring (bicyclic) bond motifs is 1. The summed E-state index contributed by atoms with van der Waals surface area (Å²) in [5.41, 5.74) is 2.29. The quantitative estimate of drug-likeness (QED) is 0.386. The Kier molecular flexibility index (Phi) is 6.33. The number of aryl methyl sites for hydroxylation is 1. The minimum atomic E-state index is -3.89. The lowest BCUT2D eigenvalue weighted by atomic mass is 10.1. The van der Waals surface area contributed by atoms with Gasteiger partial charge in [-0.2, -0.15) is 0 Å². The molecule has 0 aliphatic carbocycles. The molecule has 10 nitrogen and oxygen atoms in total. The molecule has 4 heterocycles. The normalized spacial score (nSPS) is 13.8. The smallest absolute Gasteiger partial charge is 0.300 e. The summed E-state index contributed by atoms with van der Waals surface area (Å²) in [4.78, 5) is 21.7. The van der Waals surface area contributed by atoms with E-state index in [1.807, 2.05) is 13.0 Å². The molecule has 3 aromatic heterocycles. The van der Waals surface area contributed by atoms with Gasteiger partial charge in [-0.1, -0.05) is 12.1 Å². The molecule has 4 aromatic rings. The Labute approximate surface area is 207 Å². The van der Waals surface area contributed by atoms with Crippen LogP contribution in [0.15, 0.2) is 70.7 Å².